The van der Waals surface area contributed by atoms with Crippen molar-refractivity contribution in [3.05, 3.63) is 0 Å². The van der Waals surface area contributed by atoms with E-state index in [0.29, 0.717) is 0 Å². The minimum absolute atomic E-state index is 1.37. The zero-order valence-electron chi connectivity index (χ0n) is 57.3. The van der Waals surface area contributed by atoms with Crippen LogP contribution in [0.2, 0.25) is 0 Å². The third-order valence-electron chi connectivity index (χ3n) is 18.2. The van der Waals surface area contributed by atoms with Crippen molar-refractivity contribution in [2.24, 2.45) is 0 Å². The highest BCUT2D eigenvalue weighted by Crippen LogP contribution is 2.56. The summed E-state index contributed by atoms with van der Waals surface area (Å²) in [6.07, 6.45) is 97.2. The lowest BCUT2D eigenvalue weighted by atomic mass is 10.1. The number of halogens is 3. The fourth-order valence-electron chi connectivity index (χ4n) is 12.7. The quantitative estimate of drug-likeness (QED) is 0.0200. The number of alkyl halides is 3. The van der Waals surface area contributed by atoms with E-state index in [1.165, 1.54) is 422 Å². The second-order valence-electron chi connectivity index (χ2n) is 26.6. The van der Waals surface area contributed by atoms with Crippen LogP contribution in [0.15, 0.2) is 0 Å². The van der Waals surface area contributed by atoms with Crippen LogP contribution in [0.5, 0.6) is 0 Å². The van der Waals surface area contributed by atoms with E-state index in [4.69, 9.17) is 17.1 Å². The molecule has 4 nitrogen and oxygen atoms in total. The van der Waals surface area contributed by atoms with Gasteiger partial charge in [-0.15, -0.1) is 0 Å². The number of nitrogens with zero attached hydrogens (tertiary/aromatic N) is 1. The Labute approximate surface area is 521 Å². The molecule has 0 aliphatic heterocycles. The third-order valence-corrected chi connectivity index (χ3v) is 28.7. The molecule has 0 amide bonds. The SMILES string of the molecule is CCCCCCCCCCCCP(CCCCCCCCCCCC)(CCCCCCCCCCCC)=[N+]=P(CCCCCCCCCCCC)(CCCCCCCCCCCC)CCCCCCCCCCCC.O=S(=O)([O-])C(F)(F)F. The second-order valence-corrected chi connectivity index (χ2v) is 35.8. The molecule has 0 saturated heterocycles. The molecule has 0 radical (unpaired) electrons. The van der Waals surface area contributed by atoms with E-state index in [2.05, 4.69) is 41.5 Å². The first kappa shape index (κ1) is 85.3. The predicted molar refractivity (Wildman–Crippen MR) is 372 cm³/mol. The van der Waals surface area contributed by atoms with Crippen molar-refractivity contribution in [2.75, 3.05) is 37.0 Å². The fraction of sp³-hybridized carbons (Fsp3) is 1.00. The largest absolute Gasteiger partial charge is 0.741 e. The van der Waals surface area contributed by atoms with Gasteiger partial charge >= 0.3 is 5.51 Å². The lowest BCUT2D eigenvalue weighted by molar-refractivity contribution is -0.0517. The Bertz CT molecular complexity index is 1300. The molecule has 0 atom stereocenters. The van der Waals surface area contributed by atoms with E-state index < -0.39 is 29.7 Å². The van der Waals surface area contributed by atoms with Crippen LogP contribution in [-0.2, 0) is 10.1 Å². The van der Waals surface area contributed by atoms with Crippen LogP contribution in [0.3, 0.4) is 0 Å². The van der Waals surface area contributed by atoms with E-state index in [0.717, 1.165) is 0 Å². The Balaban J connectivity index is 0. The van der Waals surface area contributed by atoms with Gasteiger partial charge < -0.3 is 4.55 Å². The van der Waals surface area contributed by atoms with Gasteiger partial charge in [0, 0.05) is 37.0 Å². The minimum atomic E-state index is -6.09. The Morgan fingerprint density at radius 2 is 0.337 bits per heavy atom. The molecule has 0 aromatic heterocycles. The Morgan fingerprint density at radius 1 is 0.241 bits per heavy atom. The van der Waals surface area contributed by atoms with E-state index >= 15 is 0 Å². The summed E-state index contributed by atoms with van der Waals surface area (Å²) >= 11 is 0. The molecule has 0 unspecified atom stereocenters. The Hall–Kier alpha value is 0.270. The summed E-state index contributed by atoms with van der Waals surface area (Å²) in [5.74, 6) is 0. The standard InChI is InChI=1S/C72H150NP2.CHF3O3S/c1-7-13-19-25-31-37-43-49-55-61-67-74(68-62-56-50-44-38-32-26-20-14-8-2,69-63-57-51-45-39-33-27-21-15-9-3)73-75(70-64-58-52-46-40-34-28-22-16-10-4,71-65-59-53-47-41-35-29-23-17-11-5)72-66-60-54-48-42-36-30-24-18-12-6;2-1(3,4)8(5,6)7/h7-72H2,1-6H3;(H,5,6,7)/q+1;/p-1. The van der Waals surface area contributed by atoms with Crippen molar-refractivity contribution >= 4 is 24.2 Å². The van der Waals surface area contributed by atoms with Gasteiger partial charge in [0.1, 0.15) is 0 Å². The van der Waals surface area contributed by atoms with Crippen molar-refractivity contribution in [3.8, 4) is 0 Å². The van der Waals surface area contributed by atoms with Gasteiger partial charge in [-0.1, -0.05) is 388 Å². The molecule has 0 bridgehead atoms. The molecule has 0 fully saturated rings. The average molecular weight is 1240 g/mol. The molecule has 0 aliphatic rings. The zero-order chi connectivity index (χ0) is 61.4. The highest BCUT2D eigenvalue weighted by Gasteiger charge is 2.37. The predicted octanol–water partition coefficient (Wildman–Crippen LogP) is 28.0. The number of hydrogen-bond donors (Lipinski definition) is 0. The Kier molecular flexibility index (Phi) is 67.1. The minimum Gasteiger partial charge on any atom is -0.741 e. The van der Waals surface area contributed by atoms with Crippen LogP contribution in [-0.4, -0.2) is 55.5 Å². The summed E-state index contributed by atoms with van der Waals surface area (Å²) in [5.41, 5.74) is -5.65. The Morgan fingerprint density at radius 3 is 0.434 bits per heavy atom. The maximum absolute atomic E-state index is 10.7. The maximum Gasteiger partial charge on any atom is 0.485 e. The summed E-state index contributed by atoms with van der Waals surface area (Å²) in [6.45, 7) is 14.2. The summed E-state index contributed by atoms with van der Waals surface area (Å²) in [7, 11) is -8.90. The molecule has 0 spiro atoms. The van der Waals surface area contributed by atoms with E-state index in [1.807, 2.05) is 0 Å². The first-order chi connectivity index (χ1) is 40.3. The molecule has 0 rings (SSSR count). The molecule has 0 N–H and O–H groups in total. The zero-order valence-corrected chi connectivity index (χ0v) is 59.9. The summed E-state index contributed by atoms with van der Waals surface area (Å²) < 4.78 is 65.9. The van der Waals surface area contributed by atoms with Crippen LogP contribution in [0.4, 0.5) is 13.2 Å². The van der Waals surface area contributed by atoms with Gasteiger partial charge in [-0.2, -0.15) is 17.3 Å². The van der Waals surface area contributed by atoms with Gasteiger partial charge in [0.2, 0.25) is 14.1 Å². The van der Waals surface area contributed by atoms with Gasteiger partial charge in [-0.25, -0.2) is 8.42 Å². The lowest BCUT2D eigenvalue weighted by Crippen LogP contribution is -2.21. The highest BCUT2D eigenvalue weighted by molar-refractivity contribution is 7.86. The van der Waals surface area contributed by atoms with E-state index in [9.17, 15) is 13.2 Å². The monoisotopic (exact) mass is 1240 g/mol. The number of hydrogen-bond acceptors (Lipinski definition) is 3. The van der Waals surface area contributed by atoms with Gasteiger partial charge in [0.05, 0.1) is 0 Å². The van der Waals surface area contributed by atoms with Gasteiger partial charge in [-0.3, -0.25) is 0 Å². The molecule has 502 valence electrons. The third kappa shape index (κ3) is 60.9. The second kappa shape index (κ2) is 65.2. The normalized spacial score (nSPS) is 12.3. The van der Waals surface area contributed by atoms with Crippen LogP contribution >= 0.6 is 14.1 Å². The molecule has 10 heteroatoms. The summed E-state index contributed by atoms with van der Waals surface area (Å²) in [5, 5.41) is 0. The topological polar surface area (TPSA) is 71.3 Å². The van der Waals surface area contributed by atoms with Crippen molar-refractivity contribution < 1.29 is 26.1 Å². The van der Waals surface area contributed by atoms with E-state index in [1.54, 1.807) is 0 Å². The lowest BCUT2D eigenvalue weighted by Gasteiger charge is -2.20. The molecular weight excluding hydrogens is 1090 g/mol. The van der Waals surface area contributed by atoms with E-state index in [-0.39, 0.29) is 0 Å². The van der Waals surface area contributed by atoms with Crippen molar-refractivity contribution in [1.82, 2.24) is 4.17 Å². The van der Waals surface area contributed by atoms with Crippen LogP contribution in [0, 0.1) is 0 Å². The molecule has 0 aromatic rings. The first-order valence-corrected chi connectivity index (χ1v) is 43.8. The van der Waals surface area contributed by atoms with Gasteiger partial charge in [0.15, 0.2) is 10.1 Å². The summed E-state index contributed by atoms with van der Waals surface area (Å²) in [4.78, 5) is 0. The molecule has 0 saturated carbocycles. The summed E-state index contributed by atoms with van der Waals surface area (Å²) in [6, 6.07) is 0. The van der Waals surface area contributed by atoms with Crippen LogP contribution < -0.4 is 4.17 Å². The van der Waals surface area contributed by atoms with Gasteiger partial charge in [-0.05, 0) is 38.5 Å². The average Bonchev–Trinajstić information content (AvgIpc) is 3.60. The van der Waals surface area contributed by atoms with Crippen LogP contribution in [0.25, 0.3) is 0 Å². The number of unbranched alkanes of at least 4 members (excludes halogenated alkanes) is 54. The fourth-order valence-corrected chi connectivity index (χ4v) is 24.3. The van der Waals surface area contributed by atoms with Gasteiger partial charge in [0.25, 0.3) is 0 Å². The molecule has 0 aromatic carbocycles. The molecule has 0 heterocycles. The van der Waals surface area contributed by atoms with Crippen molar-refractivity contribution in [3.63, 3.8) is 0 Å². The number of rotatable bonds is 66. The first-order valence-electron chi connectivity index (χ1n) is 37.8. The van der Waals surface area contributed by atoms with Crippen molar-refractivity contribution in [1.29, 1.82) is 0 Å². The maximum atomic E-state index is 10.7. The highest BCUT2D eigenvalue weighted by atomic mass is 32.2. The van der Waals surface area contributed by atoms with Crippen molar-refractivity contribution in [2.45, 2.75) is 432 Å². The molecule has 0 aliphatic carbocycles. The smallest absolute Gasteiger partial charge is 0.485 e. The molecule has 83 heavy (non-hydrogen) atoms. The van der Waals surface area contributed by atoms with Crippen LogP contribution in [0.1, 0.15) is 427 Å². The molecular formula is C73H150F3NO3P2S.